The van der Waals surface area contributed by atoms with Crippen LogP contribution in [-0.4, -0.2) is 29.6 Å². The molecule has 0 aromatic heterocycles. The van der Waals surface area contributed by atoms with Crippen LogP contribution in [0.2, 0.25) is 0 Å². The summed E-state index contributed by atoms with van der Waals surface area (Å²) in [5.41, 5.74) is 5.03. The van der Waals surface area contributed by atoms with Gasteiger partial charge in [0.15, 0.2) is 0 Å². The maximum absolute atomic E-state index is 10.4. The third-order valence-electron chi connectivity index (χ3n) is 1.99. The number of hydrogen-bond acceptors (Lipinski definition) is 3. The molecule has 0 saturated carbocycles. The fourth-order valence-corrected chi connectivity index (χ4v) is 2.48. The van der Waals surface area contributed by atoms with Crippen LogP contribution in [-0.2, 0) is 9.53 Å². The molecule has 0 bridgehead atoms. The number of hydrogen-bond donors (Lipinski definition) is 1. The predicted molar refractivity (Wildman–Crippen MR) is 50.1 cm³/mol. The van der Waals surface area contributed by atoms with Gasteiger partial charge in [-0.2, -0.15) is 11.8 Å². The Kier molecular flexibility index (Phi) is 3.88. The second kappa shape index (κ2) is 4.72. The van der Waals surface area contributed by atoms with Gasteiger partial charge in [0.2, 0.25) is 5.91 Å². The summed E-state index contributed by atoms with van der Waals surface area (Å²) in [5.74, 6) is 0.613. The zero-order valence-electron chi connectivity index (χ0n) is 7.29. The van der Waals surface area contributed by atoms with Crippen LogP contribution in [0.25, 0.3) is 0 Å². The normalized spacial score (nSPS) is 29.1. The summed E-state index contributed by atoms with van der Waals surface area (Å²) < 4.78 is 5.39. The molecule has 2 unspecified atom stereocenters. The van der Waals surface area contributed by atoms with Crippen molar-refractivity contribution in [3.8, 4) is 0 Å². The maximum atomic E-state index is 10.4. The highest BCUT2D eigenvalue weighted by Gasteiger charge is 2.24. The molecule has 2 N–H and O–H groups in total. The summed E-state index contributed by atoms with van der Waals surface area (Å²) in [7, 11) is 0. The lowest BCUT2D eigenvalue weighted by Gasteiger charge is -2.12. The van der Waals surface area contributed by atoms with Crippen LogP contribution in [0.4, 0.5) is 0 Å². The molecule has 3 nitrogen and oxygen atoms in total. The topological polar surface area (TPSA) is 52.3 Å². The molecule has 0 aromatic rings. The minimum atomic E-state index is -0.214. The lowest BCUT2D eigenvalue weighted by molar-refractivity contribution is -0.117. The lowest BCUT2D eigenvalue weighted by atomic mass is 10.3. The second-order valence-corrected chi connectivity index (χ2v) is 4.34. The number of carbonyl (C=O) groups is 1. The Hall–Kier alpha value is -0.220. The summed E-state index contributed by atoms with van der Waals surface area (Å²) in [6.07, 6.45) is 1.92. The Bertz CT molecular complexity index is 163. The molecule has 0 aliphatic carbocycles. The van der Waals surface area contributed by atoms with Crippen LogP contribution in [0.1, 0.15) is 19.8 Å². The highest BCUT2D eigenvalue weighted by molar-refractivity contribution is 7.99. The van der Waals surface area contributed by atoms with E-state index in [-0.39, 0.29) is 5.91 Å². The molecule has 70 valence electrons. The van der Waals surface area contributed by atoms with Gasteiger partial charge in [-0.25, -0.2) is 0 Å². The monoisotopic (exact) mass is 189 g/mol. The first-order valence-corrected chi connectivity index (χ1v) is 5.26. The van der Waals surface area contributed by atoms with Gasteiger partial charge in [0.05, 0.1) is 6.10 Å². The van der Waals surface area contributed by atoms with Gasteiger partial charge >= 0.3 is 0 Å². The number of nitrogens with two attached hydrogens (primary N) is 1. The third kappa shape index (κ3) is 3.03. The Labute approximate surface area is 77.0 Å². The molecule has 0 spiro atoms. The van der Waals surface area contributed by atoms with Crippen LogP contribution in [0.3, 0.4) is 0 Å². The molecule has 1 saturated heterocycles. The number of rotatable bonds is 4. The van der Waals surface area contributed by atoms with E-state index < -0.39 is 0 Å². The smallest absolute Gasteiger partial charge is 0.218 e. The van der Waals surface area contributed by atoms with Crippen LogP contribution in [0, 0.1) is 0 Å². The molecule has 0 radical (unpaired) electrons. The van der Waals surface area contributed by atoms with Gasteiger partial charge in [0, 0.05) is 24.0 Å². The molecular formula is C8H15NO2S. The highest BCUT2D eigenvalue weighted by atomic mass is 32.2. The van der Waals surface area contributed by atoms with Gasteiger partial charge < -0.3 is 10.5 Å². The average molecular weight is 189 g/mol. The van der Waals surface area contributed by atoms with E-state index in [4.69, 9.17) is 10.5 Å². The number of carbonyl (C=O) groups excluding carboxylic acids is 1. The van der Waals surface area contributed by atoms with E-state index in [1.54, 1.807) is 11.8 Å². The van der Waals surface area contributed by atoms with Crippen molar-refractivity contribution in [3.05, 3.63) is 0 Å². The second-order valence-electron chi connectivity index (χ2n) is 2.99. The van der Waals surface area contributed by atoms with Gasteiger partial charge in [-0.05, 0) is 13.3 Å². The van der Waals surface area contributed by atoms with Crippen LogP contribution in [0.15, 0.2) is 0 Å². The summed E-state index contributed by atoms with van der Waals surface area (Å²) in [5, 5.41) is 0.560. The number of primary amides is 1. The van der Waals surface area contributed by atoms with E-state index in [2.05, 4.69) is 6.92 Å². The van der Waals surface area contributed by atoms with Crippen molar-refractivity contribution in [2.45, 2.75) is 31.1 Å². The van der Waals surface area contributed by atoms with Gasteiger partial charge in [0.25, 0.3) is 0 Å². The van der Waals surface area contributed by atoms with E-state index in [0.717, 1.165) is 18.8 Å². The van der Waals surface area contributed by atoms with E-state index in [0.29, 0.717) is 17.8 Å². The van der Waals surface area contributed by atoms with Crippen molar-refractivity contribution in [2.75, 3.05) is 12.4 Å². The first-order chi connectivity index (χ1) is 5.70. The molecule has 1 amide bonds. The quantitative estimate of drug-likeness (QED) is 0.710. The molecule has 1 fully saturated rings. The van der Waals surface area contributed by atoms with Gasteiger partial charge in [-0.1, -0.05) is 0 Å². The first kappa shape index (κ1) is 9.86. The minimum absolute atomic E-state index is 0.214. The van der Waals surface area contributed by atoms with Crippen molar-refractivity contribution >= 4 is 17.7 Å². The highest BCUT2D eigenvalue weighted by Crippen LogP contribution is 2.26. The number of amides is 1. The molecule has 1 aliphatic heterocycles. The van der Waals surface area contributed by atoms with Crippen LogP contribution < -0.4 is 5.73 Å². The van der Waals surface area contributed by atoms with E-state index >= 15 is 0 Å². The Morgan fingerprint density at radius 3 is 3.00 bits per heavy atom. The van der Waals surface area contributed by atoms with Crippen LogP contribution >= 0.6 is 11.8 Å². The minimum Gasteiger partial charge on any atom is -0.377 e. The van der Waals surface area contributed by atoms with Crippen LogP contribution in [0.5, 0.6) is 0 Å². The van der Waals surface area contributed by atoms with Gasteiger partial charge in [-0.15, -0.1) is 0 Å². The predicted octanol–water partition coefficient (Wildman–Crippen LogP) is 0.772. The molecule has 12 heavy (non-hydrogen) atoms. The van der Waals surface area contributed by atoms with E-state index in [9.17, 15) is 4.79 Å². The average Bonchev–Trinajstić information content (AvgIpc) is 2.36. The number of thioether (sulfide) groups is 1. The van der Waals surface area contributed by atoms with E-state index in [1.165, 1.54) is 0 Å². The third-order valence-corrected chi connectivity index (χ3v) is 3.47. The largest absolute Gasteiger partial charge is 0.377 e. The lowest BCUT2D eigenvalue weighted by Crippen LogP contribution is -2.16. The van der Waals surface area contributed by atoms with Crippen molar-refractivity contribution < 1.29 is 9.53 Å². The van der Waals surface area contributed by atoms with Crippen molar-refractivity contribution in [3.63, 3.8) is 0 Å². The zero-order valence-corrected chi connectivity index (χ0v) is 8.10. The summed E-state index contributed by atoms with van der Waals surface area (Å²) in [6.45, 7) is 2.93. The molecule has 4 heteroatoms. The number of ether oxygens (including phenoxy) is 1. The summed E-state index contributed by atoms with van der Waals surface area (Å²) in [4.78, 5) is 10.4. The molecular weight excluding hydrogens is 174 g/mol. The van der Waals surface area contributed by atoms with Crippen molar-refractivity contribution in [1.82, 2.24) is 0 Å². The van der Waals surface area contributed by atoms with Gasteiger partial charge in [0.1, 0.15) is 0 Å². The first-order valence-electron chi connectivity index (χ1n) is 4.21. The van der Waals surface area contributed by atoms with Crippen molar-refractivity contribution in [2.24, 2.45) is 5.73 Å². The molecule has 1 rings (SSSR count). The van der Waals surface area contributed by atoms with Gasteiger partial charge in [-0.3, -0.25) is 4.79 Å². The molecule has 1 heterocycles. The standard InChI is InChI=1S/C8H15NO2S/c1-6-7(2-4-11-6)12-5-3-8(9)10/h6-7H,2-5H2,1H3,(H2,9,10). The Morgan fingerprint density at radius 2 is 2.50 bits per heavy atom. The zero-order chi connectivity index (χ0) is 8.97. The molecule has 1 aliphatic rings. The van der Waals surface area contributed by atoms with E-state index in [1.807, 2.05) is 0 Å². The Morgan fingerprint density at radius 1 is 1.75 bits per heavy atom. The molecule has 2 atom stereocenters. The summed E-state index contributed by atoms with van der Waals surface area (Å²) in [6, 6.07) is 0. The fourth-order valence-electron chi connectivity index (χ4n) is 1.24. The fraction of sp³-hybridized carbons (Fsp3) is 0.875. The Balaban J connectivity index is 2.10. The SMILES string of the molecule is CC1OCCC1SCCC(N)=O. The summed E-state index contributed by atoms with van der Waals surface area (Å²) >= 11 is 1.79. The maximum Gasteiger partial charge on any atom is 0.218 e. The van der Waals surface area contributed by atoms with Crippen molar-refractivity contribution in [1.29, 1.82) is 0 Å². The molecule has 0 aromatic carbocycles.